The Morgan fingerprint density at radius 3 is 1.19 bits per heavy atom. The fourth-order valence-corrected chi connectivity index (χ4v) is 10.6. The van der Waals surface area contributed by atoms with Crippen LogP contribution in [0.5, 0.6) is 0 Å². The topological polar surface area (TPSA) is 48.5 Å². The minimum absolute atomic E-state index is 0.564. The van der Waals surface area contributed by atoms with Crippen molar-refractivity contribution in [2.75, 3.05) is 0 Å². The van der Waals surface area contributed by atoms with Crippen LogP contribution in [-0.4, -0.2) is 24.1 Å². The van der Waals surface area contributed by atoms with Gasteiger partial charge in [-0.2, -0.15) is 9.97 Å². The second kappa shape index (κ2) is 15.2. The molecule has 0 N–H and O–H groups in total. The summed E-state index contributed by atoms with van der Waals surface area (Å²) in [5.41, 5.74) is 12.0. The largest absolute Gasteiger partial charge is 0.307 e. The smallest absolute Gasteiger partial charge is 0.238 e. The summed E-state index contributed by atoms with van der Waals surface area (Å²) in [6, 6.07) is 84.8. The number of nitrogens with zero attached hydrogens (tertiary/aromatic N) is 5. The van der Waals surface area contributed by atoms with Crippen LogP contribution in [0, 0.1) is 0 Å². The zero-order valence-corrected chi connectivity index (χ0v) is 36.8. The van der Waals surface area contributed by atoms with Crippen molar-refractivity contribution in [1.29, 1.82) is 0 Å². The highest BCUT2D eigenvalue weighted by Gasteiger charge is 2.24. The summed E-state index contributed by atoms with van der Waals surface area (Å²) in [4.78, 5) is 15.7. The number of benzene rings is 11. The summed E-state index contributed by atoms with van der Waals surface area (Å²) >= 11 is 0. The summed E-state index contributed by atoms with van der Waals surface area (Å²) in [6.07, 6.45) is 0. The predicted molar refractivity (Wildman–Crippen MR) is 283 cm³/mol. The van der Waals surface area contributed by atoms with Gasteiger partial charge in [0.05, 0.1) is 22.1 Å². The molecule has 0 amide bonds. The average Bonchev–Trinajstić information content (AvgIpc) is 3.95. The van der Waals surface area contributed by atoms with Gasteiger partial charge in [0.1, 0.15) is 0 Å². The third kappa shape index (κ3) is 5.93. The molecule has 0 radical (unpaired) electrons. The Hall–Kier alpha value is -9.19. The maximum absolute atomic E-state index is 5.30. The Kier molecular flexibility index (Phi) is 8.52. The third-order valence-electron chi connectivity index (χ3n) is 13.7. The van der Waals surface area contributed by atoms with Crippen molar-refractivity contribution >= 4 is 75.9 Å². The number of rotatable bonds is 6. The molecule has 0 aliphatic rings. The van der Waals surface area contributed by atoms with E-state index in [9.17, 15) is 0 Å². The predicted octanol–water partition coefficient (Wildman–Crippen LogP) is 16.2. The SMILES string of the molecule is c1ccc(-c2ccc3c4ccc(-c5cccc(-n6c7ccccc7c7ccc8c9ccccc9n(-c9nc(-c%10ccccc%10)nc(-c%10ccccc%10)n9)c8c76)c5)cc4c4ccccc4c3c2)cc1. The molecule has 3 aromatic heterocycles. The van der Waals surface area contributed by atoms with E-state index < -0.39 is 0 Å². The standard InChI is InChI=1S/C63H39N5/c1-4-17-40(18-5-1)44-31-33-49-50-34-32-45(39-56(50)48-26-11-10-25-47(48)55(49)38-44)43-23-16-24-46(37-43)67-57-29-14-12-27-51(57)53-35-36-54-52-28-13-15-30-58(52)68(60(54)59(53)67)63-65-61(41-19-6-2-7-20-41)64-62(66-63)42-21-8-3-9-22-42/h1-39H. The first kappa shape index (κ1) is 38.1. The van der Waals surface area contributed by atoms with Crippen LogP contribution in [0.25, 0.3) is 133 Å². The van der Waals surface area contributed by atoms with Gasteiger partial charge in [-0.25, -0.2) is 4.98 Å². The van der Waals surface area contributed by atoms with E-state index in [0.29, 0.717) is 17.6 Å². The minimum atomic E-state index is 0.564. The number of fused-ring (bicyclic) bond motifs is 13. The van der Waals surface area contributed by atoms with Gasteiger partial charge in [-0.05, 0) is 91.0 Å². The van der Waals surface area contributed by atoms with Crippen LogP contribution in [0.15, 0.2) is 237 Å². The molecule has 14 aromatic rings. The van der Waals surface area contributed by atoms with Gasteiger partial charge in [0.15, 0.2) is 11.6 Å². The number of hydrogen-bond donors (Lipinski definition) is 0. The highest BCUT2D eigenvalue weighted by atomic mass is 15.2. The highest BCUT2D eigenvalue weighted by molar-refractivity contribution is 6.27. The van der Waals surface area contributed by atoms with Gasteiger partial charge in [0.2, 0.25) is 5.95 Å². The van der Waals surface area contributed by atoms with Gasteiger partial charge < -0.3 is 4.57 Å². The summed E-state index contributed by atoms with van der Waals surface area (Å²) in [5.74, 6) is 1.80. The van der Waals surface area contributed by atoms with Gasteiger partial charge in [-0.3, -0.25) is 4.57 Å². The number of aromatic nitrogens is 5. The molecule has 14 rings (SSSR count). The van der Waals surface area contributed by atoms with E-state index in [0.717, 1.165) is 66.2 Å². The van der Waals surface area contributed by atoms with Crippen LogP contribution in [0.4, 0.5) is 0 Å². The summed E-state index contributed by atoms with van der Waals surface area (Å²) in [7, 11) is 0. The van der Waals surface area contributed by atoms with Gasteiger partial charge >= 0.3 is 0 Å². The van der Waals surface area contributed by atoms with Gasteiger partial charge in [0, 0.05) is 38.4 Å². The van der Waals surface area contributed by atoms with Crippen molar-refractivity contribution in [1.82, 2.24) is 24.1 Å². The van der Waals surface area contributed by atoms with Crippen LogP contribution in [0.1, 0.15) is 0 Å². The second-order valence-electron chi connectivity index (χ2n) is 17.6. The molecule has 5 heteroatoms. The van der Waals surface area contributed by atoms with Gasteiger partial charge in [-0.15, -0.1) is 0 Å². The van der Waals surface area contributed by atoms with Crippen LogP contribution >= 0.6 is 0 Å². The Morgan fingerprint density at radius 1 is 0.235 bits per heavy atom. The molecular formula is C63H39N5. The zero-order chi connectivity index (χ0) is 44.7. The van der Waals surface area contributed by atoms with Crippen LogP contribution in [0.2, 0.25) is 0 Å². The van der Waals surface area contributed by atoms with Crippen molar-refractivity contribution in [3.8, 4) is 56.7 Å². The average molecular weight is 866 g/mol. The first-order valence-electron chi connectivity index (χ1n) is 23.1. The van der Waals surface area contributed by atoms with Gasteiger partial charge in [0.25, 0.3) is 0 Å². The molecule has 0 aliphatic carbocycles. The van der Waals surface area contributed by atoms with E-state index in [1.54, 1.807) is 0 Å². The lowest BCUT2D eigenvalue weighted by Crippen LogP contribution is -2.07. The van der Waals surface area contributed by atoms with Crippen molar-refractivity contribution < 1.29 is 0 Å². The zero-order valence-electron chi connectivity index (χ0n) is 36.8. The molecule has 0 fully saturated rings. The normalized spacial score (nSPS) is 11.8. The summed E-state index contributed by atoms with van der Waals surface area (Å²) < 4.78 is 4.70. The van der Waals surface area contributed by atoms with E-state index in [1.807, 2.05) is 36.4 Å². The molecule has 0 bridgehead atoms. The van der Waals surface area contributed by atoms with E-state index in [4.69, 9.17) is 15.0 Å². The molecule has 0 saturated heterocycles. The molecule has 0 atom stereocenters. The summed E-state index contributed by atoms with van der Waals surface area (Å²) in [6.45, 7) is 0. The Labute approximate surface area is 391 Å². The van der Waals surface area contributed by atoms with Crippen molar-refractivity contribution in [3.63, 3.8) is 0 Å². The lowest BCUT2D eigenvalue weighted by atomic mass is 9.90. The fourth-order valence-electron chi connectivity index (χ4n) is 10.6. The first-order chi connectivity index (χ1) is 33.7. The van der Waals surface area contributed by atoms with Gasteiger partial charge in [-0.1, -0.05) is 200 Å². The van der Waals surface area contributed by atoms with Crippen molar-refractivity contribution in [2.24, 2.45) is 0 Å². The molecule has 0 spiro atoms. The lowest BCUT2D eigenvalue weighted by Gasteiger charge is -2.15. The van der Waals surface area contributed by atoms with E-state index >= 15 is 0 Å². The fraction of sp³-hybridized carbons (Fsp3) is 0. The van der Waals surface area contributed by atoms with Crippen LogP contribution in [-0.2, 0) is 0 Å². The minimum Gasteiger partial charge on any atom is -0.307 e. The molecule has 68 heavy (non-hydrogen) atoms. The van der Waals surface area contributed by atoms with E-state index in [2.05, 4.69) is 209 Å². The summed E-state index contributed by atoms with van der Waals surface area (Å²) in [5, 5.41) is 12.1. The van der Waals surface area contributed by atoms with E-state index in [1.165, 1.54) is 48.8 Å². The molecule has 0 aliphatic heterocycles. The van der Waals surface area contributed by atoms with Crippen molar-refractivity contribution in [2.45, 2.75) is 0 Å². The molecule has 11 aromatic carbocycles. The number of hydrogen-bond acceptors (Lipinski definition) is 3. The Morgan fingerprint density at radius 2 is 0.632 bits per heavy atom. The second-order valence-corrected chi connectivity index (χ2v) is 17.6. The monoisotopic (exact) mass is 865 g/mol. The molecule has 0 unspecified atom stereocenters. The Balaban J connectivity index is 1.01. The van der Waals surface area contributed by atoms with Crippen LogP contribution in [0.3, 0.4) is 0 Å². The quantitative estimate of drug-likeness (QED) is 0.156. The third-order valence-corrected chi connectivity index (χ3v) is 13.7. The molecule has 5 nitrogen and oxygen atoms in total. The first-order valence-corrected chi connectivity index (χ1v) is 23.1. The van der Waals surface area contributed by atoms with E-state index in [-0.39, 0.29) is 0 Å². The van der Waals surface area contributed by atoms with Crippen LogP contribution < -0.4 is 0 Å². The molecule has 3 heterocycles. The molecule has 316 valence electrons. The van der Waals surface area contributed by atoms with Crippen molar-refractivity contribution in [3.05, 3.63) is 237 Å². The Bertz CT molecular complexity index is 4230. The molecule has 0 saturated carbocycles. The highest BCUT2D eigenvalue weighted by Crippen LogP contribution is 2.43. The molecular weight excluding hydrogens is 827 g/mol. The maximum atomic E-state index is 5.30. The number of para-hydroxylation sites is 2. The maximum Gasteiger partial charge on any atom is 0.238 e. The lowest BCUT2D eigenvalue weighted by molar-refractivity contribution is 0.953.